The van der Waals surface area contributed by atoms with Crippen LogP contribution in [-0.4, -0.2) is 11.1 Å². The molecule has 1 aromatic heterocycles. The normalized spacial score (nSPS) is 12.8. The van der Waals surface area contributed by atoms with Crippen LogP contribution in [0, 0.1) is 0 Å². The number of ether oxygens (including phenoxy) is 1. The minimum Gasteiger partial charge on any atom is -0.489 e. The molecule has 0 aromatic carbocycles. The van der Waals surface area contributed by atoms with E-state index in [1.807, 2.05) is 26.1 Å². The molecule has 1 aromatic rings. The van der Waals surface area contributed by atoms with Gasteiger partial charge < -0.3 is 10.5 Å². The Labute approximate surface area is 104 Å². The van der Waals surface area contributed by atoms with E-state index in [0.717, 1.165) is 17.7 Å². The fourth-order valence-electron chi connectivity index (χ4n) is 1.76. The van der Waals surface area contributed by atoms with Crippen LogP contribution < -0.4 is 10.5 Å². The predicted octanol–water partition coefficient (Wildman–Crippen LogP) is 3.45. The van der Waals surface area contributed by atoms with Crippen molar-refractivity contribution >= 4 is 0 Å². The Kier molecular flexibility index (Phi) is 5.98. The summed E-state index contributed by atoms with van der Waals surface area (Å²) in [4.78, 5) is 4.18. The zero-order chi connectivity index (χ0) is 12.7. The van der Waals surface area contributed by atoms with Crippen LogP contribution in [0.5, 0.6) is 5.75 Å². The van der Waals surface area contributed by atoms with Crippen molar-refractivity contribution in [1.29, 1.82) is 0 Å². The maximum atomic E-state index is 6.14. The van der Waals surface area contributed by atoms with Gasteiger partial charge in [0.1, 0.15) is 5.75 Å². The third-order valence-electron chi connectivity index (χ3n) is 2.65. The van der Waals surface area contributed by atoms with E-state index in [2.05, 4.69) is 11.9 Å². The molecule has 96 valence electrons. The number of hydrogen-bond acceptors (Lipinski definition) is 3. The molecule has 1 heterocycles. The second kappa shape index (κ2) is 7.28. The number of nitrogens with zero attached hydrogens (tertiary/aromatic N) is 1. The van der Waals surface area contributed by atoms with Gasteiger partial charge in [-0.3, -0.25) is 4.98 Å². The first-order valence-electron chi connectivity index (χ1n) is 6.50. The summed E-state index contributed by atoms with van der Waals surface area (Å²) in [6.45, 7) is 6.21. The van der Waals surface area contributed by atoms with Gasteiger partial charge in [0.25, 0.3) is 0 Å². The number of hydrogen-bond donors (Lipinski definition) is 1. The topological polar surface area (TPSA) is 48.1 Å². The largest absolute Gasteiger partial charge is 0.489 e. The molecule has 1 unspecified atom stereocenters. The molecule has 3 heteroatoms. The molecule has 2 N–H and O–H groups in total. The molecule has 0 bridgehead atoms. The van der Waals surface area contributed by atoms with Gasteiger partial charge in [-0.2, -0.15) is 0 Å². The van der Waals surface area contributed by atoms with E-state index in [1.165, 1.54) is 19.3 Å². The fraction of sp³-hybridized carbons (Fsp3) is 0.643. The highest BCUT2D eigenvalue weighted by Gasteiger charge is 2.08. The van der Waals surface area contributed by atoms with Crippen molar-refractivity contribution in [3.63, 3.8) is 0 Å². The van der Waals surface area contributed by atoms with Gasteiger partial charge in [0.15, 0.2) is 0 Å². The van der Waals surface area contributed by atoms with E-state index < -0.39 is 0 Å². The fourth-order valence-corrected chi connectivity index (χ4v) is 1.76. The van der Waals surface area contributed by atoms with Gasteiger partial charge in [-0.15, -0.1) is 0 Å². The summed E-state index contributed by atoms with van der Waals surface area (Å²) in [6, 6.07) is 2.08. The summed E-state index contributed by atoms with van der Waals surface area (Å²) in [6.07, 6.45) is 8.40. The van der Waals surface area contributed by atoms with Crippen molar-refractivity contribution in [1.82, 2.24) is 4.98 Å². The van der Waals surface area contributed by atoms with Crippen LogP contribution in [0.4, 0.5) is 0 Å². The Balaban J connectivity index is 2.57. The molecule has 0 aliphatic heterocycles. The lowest BCUT2D eigenvalue weighted by Gasteiger charge is -2.14. The van der Waals surface area contributed by atoms with Gasteiger partial charge >= 0.3 is 0 Å². The summed E-state index contributed by atoms with van der Waals surface area (Å²) < 4.78 is 5.61. The standard InChI is InChI=1S/C14H24N2O/c1-4-5-6-7-14(15)12-8-13(10-16-9-12)17-11(2)3/h8-11,14H,4-7,15H2,1-3H3. The molecule has 0 radical (unpaired) electrons. The molecular weight excluding hydrogens is 212 g/mol. The molecule has 0 saturated heterocycles. The van der Waals surface area contributed by atoms with Crippen LogP contribution in [0.3, 0.4) is 0 Å². The molecule has 17 heavy (non-hydrogen) atoms. The summed E-state index contributed by atoms with van der Waals surface area (Å²) in [5, 5.41) is 0. The Morgan fingerprint density at radius 2 is 2.06 bits per heavy atom. The first-order valence-corrected chi connectivity index (χ1v) is 6.50. The first kappa shape index (κ1) is 14.0. The van der Waals surface area contributed by atoms with Gasteiger partial charge in [0.05, 0.1) is 12.3 Å². The van der Waals surface area contributed by atoms with Crippen molar-refractivity contribution in [2.75, 3.05) is 0 Å². The van der Waals surface area contributed by atoms with Gasteiger partial charge in [0, 0.05) is 12.2 Å². The highest BCUT2D eigenvalue weighted by Crippen LogP contribution is 2.21. The van der Waals surface area contributed by atoms with Crippen molar-refractivity contribution < 1.29 is 4.74 Å². The number of pyridine rings is 1. The monoisotopic (exact) mass is 236 g/mol. The molecule has 3 nitrogen and oxygen atoms in total. The molecule has 0 saturated carbocycles. The average molecular weight is 236 g/mol. The molecule has 1 atom stereocenters. The first-order chi connectivity index (χ1) is 8.13. The van der Waals surface area contributed by atoms with Crippen LogP contribution in [0.15, 0.2) is 18.5 Å². The quantitative estimate of drug-likeness (QED) is 0.738. The molecule has 1 rings (SSSR count). The lowest BCUT2D eigenvalue weighted by molar-refractivity contribution is 0.241. The molecule has 0 spiro atoms. The maximum Gasteiger partial charge on any atom is 0.138 e. The van der Waals surface area contributed by atoms with Crippen molar-refractivity contribution in [2.45, 2.75) is 58.6 Å². The van der Waals surface area contributed by atoms with Gasteiger partial charge in [0.2, 0.25) is 0 Å². The van der Waals surface area contributed by atoms with Gasteiger partial charge in [-0.05, 0) is 31.9 Å². The third-order valence-corrected chi connectivity index (χ3v) is 2.65. The lowest BCUT2D eigenvalue weighted by atomic mass is 10.0. The van der Waals surface area contributed by atoms with E-state index in [0.29, 0.717) is 0 Å². The summed E-state index contributed by atoms with van der Waals surface area (Å²) >= 11 is 0. The number of aromatic nitrogens is 1. The minimum atomic E-state index is 0.0739. The van der Waals surface area contributed by atoms with E-state index in [1.54, 1.807) is 6.20 Å². The van der Waals surface area contributed by atoms with Crippen molar-refractivity contribution in [2.24, 2.45) is 5.73 Å². The number of nitrogens with two attached hydrogens (primary N) is 1. The van der Waals surface area contributed by atoms with Crippen molar-refractivity contribution in [3.05, 3.63) is 24.0 Å². The Morgan fingerprint density at radius 1 is 1.29 bits per heavy atom. The Bertz CT molecular complexity index is 326. The van der Waals surface area contributed by atoms with E-state index in [4.69, 9.17) is 10.5 Å². The molecule has 0 aliphatic rings. The van der Waals surface area contributed by atoms with Crippen molar-refractivity contribution in [3.8, 4) is 5.75 Å². The Morgan fingerprint density at radius 3 is 2.71 bits per heavy atom. The summed E-state index contributed by atoms with van der Waals surface area (Å²) in [5.74, 6) is 0.809. The van der Waals surface area contributed by atoms with Gasteiger partial charge in [-0.1, -0.05) is 26.2 Å². The lowest BCUT2D eigenvalue weighted by Crippen LogP contribution is -2.12. The van der Waals surface area contributed by atoms with Crippen LogP contribution >= 0.6 is 0 Å². The van der Waals surface area contributed by atoms with Gasteiger partial charge in [-0.25, -0.2) is 0 Å². The molecule has 0 aliphatic carbocycles. The second-order valence-corrected chi connectivity index (χ2v) is 4.72. The van der Waals surface area contributed by atoms with Crippen LogP contribution in [-0.2, 0) is 0 Å². The van der Waals surface area contributed by atoms with Crippen LogP contribution in [0.25, 0.3) is 0 Å². The summed E-state index contributed by atoms with van der Waals surface area (Å²) in [5.41, 5.74) is 7.21. The minimum absolute atomic E-state index is 0.0739. The zero-order valence-corrected chi connectivity index (χ0v) is 11.1. The number of unbranched alkanes of at least 4 members (excludes halogenated alkanes) is 2. The smallest absolute Gasteiger partial charge is 0.138 e. The van der Waals surface area contributed by atoms with Crippen LogP contribution in [0.2, 0.25) is 0 Å². The van der Waals surface area contributed by atoms with E-state index in [-0.39, 0.29) is 12.1 Å². The van der Waals surface area contributed by atoms with Crippen LogP contribution in [0.1, 0.15) is 58.1 Å². The van der Waals surface area contributed by atoms with E-state index in [9.17, 15) is 0 Å². The highest BCUT2D eigenvalue weighted by molar-refractivity contribution is 5.25. The van der Waals surface area contributed by atoms with E-state index >= 15 is 0 Å². The number of rotatable bonds is 7. The average Bonchev–Trinajstić information content (AvgIpc) is 2.28. The molecule has 0 fully saturated rings. The second-order valence-electron chi connectivity index (χ2n) is 4.72. The Hall–Kier alpha value is -1.09. The zero-order valence-electron chi connectivity index (χ0n) is 11.1. The molecular formula is C14H24N2O. The SMILES string of the molecule is CCCCCC(N)c1cncc(OC(C)C)c1. The molecule has 0 amide bonds. The highest BCUT2D eigenvalue weighted by atomic mass is 16.5. The third kappa shape index (κ3) is 5.18. The predicted molar refractivity (Wildman–Crippen MR) is 71.1 cm³/mol. The maximum absolute atomic E-state index is 6.14. The summed E-state index contributed by atoms with van der Waals surface area (Å²) in [7, 11) is 0.